The van der Waals surface area contributed by atoms with E-state index in [1.54, 1.807) is 12.1 Å². The number of H-pyrrole nitrogens is 1. The third kappa shape index (κ3) is 3.47. The van der Waals surface area contributed by atoms with Crippen LogP contribution in [0.2, 0.25) is 0 Å². The standard InChI is InChI=1S/C21H22FN3O/c22-18-8-4-3-7-16(18)15-10-11-17-19(13-15)24-25-21(17)23-20(26)12-9-14-5-1-2-6-14/h3-4,7-8,10-11,13-14H,1-2,5-6,9,12H2,(H2,23,24,25,26). The quantitative estimate of drug-likeness (QED) is 0.657. The number of nitrogens with zero attached hydrogens (tertiary/aromatic N) is 1. The number of nitrogens with one attached hydrogen (secondary N) is 2. The van der Waals surface area contributed by atoms with E-state index in [0.29, 0.717) is 23.7 Å². The molecule has 1 heterocycles. The van der Waals surface area contributed by atoms with Crippen LogP contribution in [0.4, 0.5) is 10.2 Å². The molecule has 4 nitrogen and oxygen atoms in total. The summed E-state index contributed by atoms with van der Waals surface area (Å²) < 4.78 is 14.0. The Morgan fingerprint density at radius 1 is 1.19 bits per heavy atom. The largest absolute Gasteiger partial charge is 0.309 e. The number of benzene rings is 2. The molecule has 3 aromatic rings. The second-order valence-corrected chi connectivity index (χ2v) is 7.05. The molecule has 0 aliphatic heterocycles. The van der Waals surface area contributed by atoms with Crippen molar-refractivity contribution in [2.24, 2.45) is 5.92 Å². The maximum Gasteiger partial charge on any atom is 0.225 e. The Morgan fingerprint density at radius 2 is 2.00 bits per heavy atom. The van der Waals surface area contributed by atoms with Gasteiger partial charge in [-0.1, -0.05) is 49.9 Å². The molecule has 0 radical (unpaired) electrons. The number of carbonyl (C=O) groups is 1. The number of hydrogen-bond donors (Lipinski definition) is 2. The number of aromatic amines is 1. The van der Waals surface area contributed by atoms with E-state index >= 15 is 0 Å². The van der Waals surface area contributed by atoms with E-state index in [1.807, 2.05) is 24.3 Å². The van der Waals surface area contributed by atoms with E-state index in [2.05, 4.69) is 15.5 Å². The van der Waals surface area contributed by atoms with Crippen molar-refractivity contribution in [2.75, 3.05) is 5.32 Å². The number of fused-ring (bicyclic) bond motifs is 1. The zero-order valence-corrected chi connectivity index (χ0v) is 14.6. The predicted octanol–water partition coefficient (Wildman–Crippen LogP) is 5.28. The van der Waals surface area contributed by atoms with Gasteiger partial charge in [-0.2, -0.15) is 5.10 Å². The minimum Gasteiger partial charge on any atom is -0.309 e. The van der Waals surface area contributed by atoms with Gasteiger partial charge in [0.1, 0.15) is 5.82 Å². The van der Waals surface area contributed by atoms with Gasteiger partial charge in [-0.3, -0.25) is 9.89 Å². The Morgan fingerprint density at radius 3 is 2.81 bits per heavy atom. The second kappa shape index (κ2) is 7.28. The van der Waals surface area contributed by atoms with E-state index in [1.165, 1.54) is 31.7 Å². The average molecular weight is 351 g/mol. The molecule has 0 atom stereocenters. The van der Waals surface area contributed by atoms with Crippen LogP contribution in [-0.2, 0) is 4.79 Å². The van der Waals surface area contributed by atoms with E-state index in [0.717, 1.165) is 22.9 Å². The van der Waals surface area contributed by atoms with E-state index < -0.39 is 0 Å². The minimum absolute atomic E-state index is 0.00322. The lowest BCUT2D eigenvalue weighted by atomic mass is 10.0. The fourth-order valence-corrected chi connectivity index (χ4v) is 3.81. The summed E-state index contributed by atoms with van der Waals surface area (Å²) in [6.45, 7) is 0. The molecule has 1 aromatic heterocycles. The van der Waals surface area contributed by atoms with Gasteiger partial charge in [0.15, 0.2) is 5.82 Å². The first-order chi connectivity index (χ1) is 12.7. The van der Waals surface area contributed by atoms with E-state index in [4.69, 9.17) is 0 Å². The van der Waals surface area contributed by atoms with Gasteiger partial charge in [0.25, 0.3) is 0 Å². The molecule has 1 fully saturated rings. The highest BCUT2D eigenvalue weighted by molar-refractivity contribution is 6.00. The highest BCUT2D eigenvalue weighted by Crippen LogP contribution is 2.30. The van der Waals surface area contributed by atoms with Crippen molar-refractivity contribution < 1.29 is 9.18 Å². The van der Waals surface area contributed by atoms with Crippen molar-refractivity contribution >= 4 is 22.6 Å². The molecule has 2 N–H and O–H groups in total. The molecule has 0 bridgehead atoms. The van der Waals surface area contributed by atoms with Gasteiger partial charge in [0.2, 0.25) is 5.91 Å². The molecule has 2 aromatic carbocycles. The van der Waals surface area contributed by atoms with Crippen molar-refractivity contribution in [1.82, 2.24) is 10.2 Å². The minimum atomic E-state index is -0.258. The molecule has 0 spiro atoms. The summed E-state index contributed by atoms with van der Waals surface area (Å²) in [7, 11) is 0. The zero-order chi connectivity index (χ0) is 17.9. The summed E-state index contributed by atoms with van der Waals surface area (Å²) in [4.78, 5) is 12.2. The van der Waals surface area contributed by atoms with Gasteiger partial charge >= 0.3 is 0 Å². The topological polar surface area (TPSA) is 57.8 Å². The predicted molar refractivity (Wildman–Crippen MR) is 101 cm³/mol. The normalized spacial score (nSPS) is 14.8. The van der Waals surface area contributed by atoms with Crippen molar-refractivity contribution in [3.63, 3.8) is 0 Å². The van der Waals surface area contributed by atoms with Crippen LogP contribution in [-0.4, -0.2) is 16.1 Å². The molecule has 26 heavy (non-hydrogen) atoms. The van der Waals surface area contributed by atoms with Gasteiger partial charge in [0.05, 0.1) is 5.52 Å². The molecular weight excluding hydrogens is 329 g/mol. The number of hydrogen-bond acceptors (Lipinski definition) is 2. The van der Waals surface area contributed by atoms with Crippen LogP contribution < -0.4 is 5.32 Å². The average Bonchev–Trinajstić information content (AvgIpc) is 3.30. The molecule has 5 heteroatoms. The monoisotopic (exact) mass is 351 g/mol. The summed E-state index contributed by atoms with van der Waals surface area (Å²) in [6, 6.07) is 12.3. The molecule has 134 valence electrons. The van der Waals surface area contributed by atoms with Crippen molar-refractivity contribution in [3.8, 4) is 11.1 Å². The number of rotatable bonds is 5. The summed E-state index contributed by atoms with van der Waals surface area (Å²) in [5.74, 6) is 0.979. The number of amides is 1. The Labute approximate surface area is 151 Å². The zero-order valence-electron chi connectivity index (χ0n) is 14.6. The second-order valence-electron chi connectivity index (χ2n) is 7.05. The molecule has 1 amide bonds. The molecule has 1 aliphatic carbocycles. The fourth-order valence-electron chi connectivity index (χ4n) is 3.81. The van der Waals surface area contributed by atoms with Crippen molar-refractivity contribution in [2.45, 2.75) is 38.5 Å². The third-order valence-corrected chi connectivity index (χ3v) is 5.26. The van der Waals surface area contributed by atoms with E-state index in [-0.39, 0.29) is 11.7 Å². The van der Waals surface area contributed by atoms with Crippen molar-refractivity contribution in [1.29, 1.82) is 0 Å². The van der Waals surface area contributed by atoms with Crippen LogP contribution in [0.25, 0.3) is 22.0 Å². The Balaban J connectivity index is 1.48. The van der Waals surface area contributed by atoms with Crippen LogP contribution in [0.15, 0.2) is 42.5 Å². The Bertz CT molecular complexity index is 928. The Kier molecular flexibility index (Phi) is 4.69. The molecule has 4 rings (SSSR count). The van der Waals surface area contributed by atoms with Crippen molar-refractivity contribution in [3.05, 3.63) is 48.3 Å². The van der Waals surface area contributed by atoms with Crippen LogP contribution in [0.5, 0.6) is 0 Å². The number of halogens is 1. The third-order valence-electron chi connectivity index (χ3n) is 5.26. The molecule has 0 unspecified atom stereocenters. The summed E-state index contributed by atoms with van der Waals surface area (Å²) in [5.41, 5.74) is 2.10. The summed E-state index contributed by atoms with van der Waals surface area (Å²) in [6.07, 6.45) is 6.56. The van der Waals surface area contributed by atoms with Gasteiger partial charge in [-0.25, -0.2) is 4.39 Å². The molecule has 0 saturated heterocycles. The number of aromatic nitrogens is 2. The van der Waals surface area contributed by atoms with Gasteiger partial charge in [-0.05, 0) is 36.1 Å². The Hall–Kier alpha value is -2.69. The first-order valence-electron chi connectivity index (χ1n) is 9.23. The SMILES string of the molecule is O=C(CCC1CCCC1)Nc1n[nH]c2cc(-c3ccccc3F)ccc12. The van der Waals surface area contributed by atoms with Crippen LogP contribution >= 0.6 is 0 Å². The van der Waals surface area contributed by atoms with Gasteiger partial charge in [-0.15, -0.1) is 0 Å². The van der Waals surface area contributed by atoms with E-state index in [9.17, 15) is 9.18 Å². The first kappa shape index (κ1) is 16.8. The highest BCUT2D eigenvalue weighted by Gasteiger charge is 2.17. The lowest BCUT2D eigenvalue weighted by Crippen LogP contribution is -2.13. The smallest absolute Gasteiger partial charge is 0.225 e. The molecule has 1 saturated carbocycles. The number of anilines is 1. The number of carbonyl (C=O) groups excluding carboxylic acids is 1. The van der Waals surface area contributed by atoms with Crippen LogP contribution in [0.3, 0.4) is 0 Å². The van der Waals surface area contributed by atoms with Crippen LogP contribution in [0.1, 0.15) is 38.5 Å². The van der Waals surface area contributed by atoms with Gasteiger partial charge < -0.3 is 5.32 Å². The maximum atomic E-state index is 14.0. The maximum absolute atomic E-state index is 14.0. The summed E-state index contributed by atoms with van der Waals surface area (Å²) >= 11 is 0. The lowest BCUT2D eigenvalue weighted by molar-refractivity contribution is -0.116. The fraction of sp³-hybridized carbons (Fsp3) is 0.333. The summed E-state index contributed by atoms with van der Waals surface area (Å²) in [5, 5.41) is 10.9. The highest BCUT2D eigenvalue weighted by atomic mass is 19.1. The molecular formula is C21H22FN3O. The van der Waals surface area contributed by atoms with Gasteiger partial charge in [0, 0.05) is 17.4 Å². The lowest BCUT2D eigenvalue weighted by Gasteiger charge is -2.08. The molecule has 1 aliphatic rings. The van der Waals surface area contributed by atoms with Crippen LogP contribution in [0, 0.1) is 11.7 Å². The first-order valence-corrected chi connectivity index (χ1v) is 9.23.